The van der Waals surface area contributed by atoms with Crippen LogP contribution < -0.4 is 14.9 Å². The first-order valence-electron chi connectivity index (χ1n) is 9.82. The van der Waals surface area contributed by atoms with Gasteiger partial charge in [0.05, 0.1) is 5.70 Å². The quantitative estimate of drug-likeness (QED) is 0.418. The van der Waals surface area contributed by atoms with Crippen molar-refractivity contribution in [3.63, 3.8) is 0 Å². The average Bonchev–Trinajstić information content (AvgIpc) is 3.27. The van der Waals surface area contributed by atoms with Crippen molar-refractivity contribution in [1.29, 1.82) is 0 Å². The highest BCUT2D eigenvalue weighted by Gasteiger charge is 2.24. The SMILES string of the molecule is C=C(NS(=O)N(C)C)/C(Nc1ccc(C)cc1C)=C(/F)C(=O)N(C)c1ccc[nH]1.CC. The molecule has 2 rings (SSSR count). The van der Waals surface area contributed by atoms with E-state index < -0.39 is 22.9 Å². The second-order valence-electron chi connectivity index (χ2n) is 6.69. The Kier molecular flexibility index (Phi) is 10.2. The molecule has 0 radical (unpaired) electrons. The zero-order chi connectivity index (χ0) is 23.7. The highest BCUT2D eigenvalue weighted by atomic mass is 32.2. The zero-order valence-electron chi connectivity index (χ0n) is 19.2. The standard InChI is InChI=1S/C20H26FN5O2S.C2H6/c1-13-9-10-16(14(2)12-13)23-19(15(3)24-29(28)25(4)5)18(21)20(27)26(6)17-8-7-11-22-17;1-2/h7-12,22-24H,3H2,1-2,4-6H3;1-2H3/b19-18-;. The minimum Gasteiger partial charge on any atom is -0.351 e. The fourth-order valence-electron chi connectivity index (χ4n) is 2.49. The van der Waals surface area contributed by atoms with Crippen LogP contribution in [0.2, 0.25) is 0 Å². The molecular formula is C22H32FN5O2S. The van der Waals surface area contributed by atoms with Crippen molar-refractivity contribution in [1.82, 2.24) is 14.0 Å². The minimum atomic E-state index is -1.65. The Hall–Kier alpha value is -2.91. The first-order chi connectivity index (χ1) is 14.6. The van der Waals surface area contributed by atoms with Gasteiger partial charge in [-0.2, -0.15) is 4.39 Å². The van der Waals surface area contributed by atoms with Crippen molar-refractivity contribution < 1.29 is 13.4 Å². The molecule has 170 valence electrons. The molecule has 0 saturated heterocycles. The van der Waals surface area contributed by atoms with Crippen LogP contribution in [0.15, 0.2) is 60.3 Å². The zero-order valence-corrected chi connectivity index (χ0v) is 20.0. The Balaban J connectivity index is 0.00000233. The molecule has 1 atom stereocenters. The maximum atomic E-state index is 15.3. The number of aromatic amines is 1. The third-order valence-electron chi connectivity index (χ3n) is 4.14. The molecule has 31 heavy (non-hydrogen) atoms. The van der Waals surface area contributed by atoms with Gasteiger partial charge in [0.2, 0.25) is 5.83 Å². The van der Waals surface area contributed by atoms with Gasteiger partial charge in [0.1, 0.15) is 11.5 Å². The molecule has 0 fully saturated rings. The molecule has 1 heterocycles. The number of rotatable bonds is 8. The van der Waals surface area contributed by atoms with Gasteiger partial charge in [-0.05, 0) is 37.6 Å². The first kappa shape index (κ1) is 26.1. The van der Waals surface area contributed by atoms with Crippen LogP contribution in [0.1, 0.15) is 25.0 Å². The maximum Gasteiger partial charge on any atom is 0.290 e. The summed E-state index contributed by atoms with van der Waals surface area (Å²) in [7, 11) is 4.65. The number of aryl methyl sites for hydroxylation is 2. The van der Waals surface area contributed by atoms with Crippen LogP contribution in [0, 0.1) is 13.8 Å². The summed E-state index contributed by atoms with van der Waals surface area (Å²) in [6.45, 7) is 11.6. The molecular weight excluding hydrogens is 417 g/mol. The van der Waals surface area contributed by atoms with Crippen molar-refractivity contribution in [3.8, 4) is 0 Å². The lowest BCUT2D eigenvalue weighted by Gasteiger charge is -2.21. The van der Waals surface area contributed by atoms with Crippen molar-refractivity contribution in [3.05, 3.63) is 71.5 Å². The molecule has 3 N–H and O–H groups in total. The van der Waals surface area contributed by atoms with Gasteiger partial charge in [-0.3, -0.25) is 14.4 Å². The number of H-pyrrole nitrogens is 1. The topological polar surface area (TPSA) is 80.5 Å². The van der Waals surface area contributed by atoms with Crippen molar-refractivity contribution in [2.75, 3.05) is 31.4 Å². The average molecular weight is 450 g/mol. The molecule has 1 unspecified atom stereocenters. The van der Waals surface area contributed by atoms with Crippen LogP contribution in [0.25, 0.3) is 0 Å². The fraction of sp³-hybridized carbons (Fsp3) is 0.318. The number of halogens is 1. The maximum absolute atomic E-state index is 15.3. The largest absolute Gasteiger partial charge is 0.351 e. The number of benzene rings is 1. The molecule has 0 saturated carbocycles. The second-order valence-corrected chi connectivity index (χ2v) is 8.13. The Bertz CT molecular complexity index is 955. The lowest BCUT2D eigenvalue weighted by Crippen LogP contribution is -2.32. The van der Waals surface area contributed by atoms with E-state index in [0.29, 0.717) is 11.5 Å². The Labute approximate surface area is 186 Å². The summed E-state index contributed by atoms with van der Waals surface area (Å²) in [5.41, 5.74) is 2.32. The monoisotopic (exact) mass is 449 g/mol. The first-order valence-corrected chi connectivity index (χ1v) is 10.9. The van der Waals surface area contributed by atoms with Crippen LogP contribution in [0.3, 0.4) is 0 Å². The summed E-state index contributed by atoms with van der Waals surface area (Å²) in [5.74, 6) is -1.50. The van der Waals surface area contributed by atoms with Gasteiger partial charge < -0.3 is 10.3 Å². The highest BCUT2D eigenvalue weighted by Crippen LogP contribution is 2.24. The summed E-state index contributed by atoms with van der Waals surface area (Å²) in [6, 6.07) is 8.94. The van der Waals surface area contributed by atoms with E-state index in [9.17, 15) is 9.00 Å². The number of carbonyl (C=O) groups is 1. The summed E-state index contributed by atoms with van der Waals surface area (Å²) < 4.78 is 31.4. The highest BCUT2D eigenvalue weighted by molar-refractivity contribution is 7.80. The number of hydrogen-bond donors (Lipinski definition) is 3. The van der Waals surface area contributed by atoms with E-state index in [-0.39, 0.29) is 11.4 Å². The molecule has 1 aromatic heterocycles. The molecule has 1 amide bonds. The molecule has 0 spiro atoms. The van der Waals surface area contributed by atoms with Crippen LogP contribution in [0.4, 0.5) is 15.9 Å². The molecule has 9 heteroatoms. The lowest BCUT2D eigenvalue weighted by molar-refractivity contribution is -0.116. The van der Waals surface area contributed by atoms with Crippen LogP contribution in [-0.4, -0.2) is 40.5 Å². The van der Waals surface area contributed by atoms with Gasteiger partial charge in [0.25, 0.3) is 5.91 Å². The van der Waals surface area contributed by atoms with Crippen LogP contribution >= 0.6 is 0 Å². The molecule has 0 aliphatic rings. The van der Waals surface area contributed by atoms with Gasteiger partial charge in [-0.1, -0.05) is 38.1 Å². The van der Waals surface area contributed by atoms with E-state index in [1.807, 2.05) is 39.8 Å². The Morgan fingerprint density at radius 1 is 1.16 bits per heavy atom. The van der Waals surface area contributed by atoms with E-state index in [1.165, 1.54) is 11.4 Å². The fourth-order valence-corrected chi connectivity index (χ4v) is 2.99. The number of carbonyl (C=O) groups excluding carboxylic acids is 1. The normalized spacial score (nSPS) is 12.3. The van der Waals surface area contributed by atoms with E-state index in [4.69, 9.17) is 0 Å². The number of anilines is 2. The lowest BCUT2D eigenvalue weighted by atomic mass is 10.1. The van der Waals surface area contributed by atoms with Crippen molar-refractivity contribution in [2.45, 2.75) is 27.7 Å². The third-order valence-corrected chi connectivity index (χ3v) is 5.22. The van der Waals surface area contributed by atoms with Gasteiger partial charge in [0.15, 0.2) is 11.2 Å². The minimum absolute atomic E-state index is 0.0113. The summed E-state index contributed by atoms with van der Waals surface area (Å²) in [5, 5.41) is 2.93. The second kappa shape index (κ2) is 12.1. The predicted octanol–water partition coefficient (Wildman–Crippen LogP) is 4.16. The van der Waals surface area contributed by atoms with Gasteiger partial charge >= 0.3 is 0 Å². The number of likely N-dealkylation sites (N-methyl/N-ethyl adjacent to an activating group) is 1. The van der Waals surface area contributed by atoms with Crippen molar-refractivity contribution >= 4 is 28.6 Å². The number of amides is 1. The van der Waals surface area contributed by atoms with E-state index in [0.717, 1.165) is 16.0 Å². The number of nitrogens with one attached hydrogen (secondary N) is 3. The van der Waals surface area contributed by atoms with Gasteiger partial charge in [-0.25, -0.2) is 8.51 Å². The molecule has 7 nitrogen and oxygen atoms in total. The van der Waals surface area contributed by atoms with E-state index in [2.05, 4.69) is 21.6 Å². The Morgan fingerprint density at radius 3 is 2.32 bits per heavy atom. The molecule has 0 aliphatic carbocycles. The van der Waals surface area contributed by atoms with E-state index in [1.54, 1.807) is 38.5 Å². The summed E-state index contributed by atoms with van der Waals surface area (Å²) >= 11 is -1.65. The third kappa shape index (κ3) is 7.08. The summed E-state index contributed by atoms with van der Waals surface area (Å²) in [6.07, 6.45) is 1.64. The van der Waals surface area contributed by atoms with Crippen molar-refractivity contribution in [2.24, 2.45) is 0 Å². The predicted molar refractivity (Wildman–Crippen MR) is 127 cm³/mol. The Morgan fingerprint density at radius 2 is 1.81 bits per heavy atom. The smallest absolute Gasteiger partial charge is 0.290 e. The molecule has 0 bridgehead atoms. The molecule has 2 aromatic rings. The summed E-state index contributed by atoms with van der Waals surface area (Å²) in [4.78, 5) is 16.7. The number of aromatic nitrogens is 1. The van der Waals surface area contributed by atoms with Gasteiger partial charge in [0, 0.05) is 33.0 Å². The molecule has 1 aromatic carbocycles. The van der Waals surface area contributed by atoms with Crippen LogP contribution in [-0.2, 0) is 16.0 Å². The number of hydrogen-bond acceptors (Lipinski definition) is 3. The van der Waals surface area contributed by atoms with Gasteiger partial charge in [-0.15, -0.1) is 0 Å². The molecule has 0 aliphatic heterocycles. The van der Waals surface area contributed by atoms with Crippen LogP contribution in [0.5, 0.6) is 0 Å². The van der Waals surface area contributed by atoms with E-state index >= 15 is 4.39 Å². The number of nitrogens with zero attached hydrogens (tertiary/aromatic N) is 2.